The van der Waals surface area contributed by atoms with Crippen LogP contribution in [0.2, 0.25) is 0 Å². The Bertz CT molecular complexity index is 458. The van der Waals surface area contributed by atoms with Crippen molar-refractivity contribution in [3.63, 3.8) is 0 Å². The van der Waals surface area contributed by atoms with Crippen molar-refractivity contribution in [3.05, 3.63) is 23.5 Å². The van der Waals surface area contributed by atoms with Crippen molar-refractivity contribution in [1.82, 2.24) is 10.3 Å². The molecule has 0 aliphatic carbocycles. The number of unbranched alkanes of at least 4 members (excludes halogenated alkanes) is 2. The molecule has 0 amide bonds. The smallest absolute Gasteiger partial charge is 0.142 e. The monoisotopic (exact) mass is 275 g/mol. The third-order valence-corrected chi connectivity index (χ3v) is 2.80. The number of pyridine rings is 1. The van der Waals surface area contributed by atoms with E-state index >= 15 is 0 Å². The first-order chi connectivity index (χ1) is 9.42. The molecule has 20 heavy (non-hydrogen) atoms. The largest absolute Gasteiger partial charge is 0.492 e. The number of rotatable bonds is 7. The fourth-order valence-corrected chi connectivity index (χ4v) is 1.69. The number of hydrogen-bond acceptors (Lipinski definition) is 4. The van der Waals surface area contributed by atoms with E-state index in [-0.39, 0.29) is 5.54 Å². The summed E-state index contributed by atoms with van der Waals surface area (Å²) in [5, 5.41) is 11.9. The molecule has 1 aromatic heterocycles. The Morgan fingerprint density at radius 1 is 1.30 bits per heavy atom. The molecule has 1 N–H and O–H groups in total. The Morgan fingerprint density at radius 2 is 2.05 bits per heavy atom. The highest BCUT2D eigenvalue weighted by molar-refractivity contribution is 5.29. The first-order valence-corrected chi connectivity index (χ1v) is 7.13. The van der Waals surface area contributed by atoms with Gasteiger partial charge in [0.15, 0.2) is 0 Å². The van der Waals surface area contributed by atoms with Gasteiger partial charge in [-0.05, 0) is 52.7 Å². The lowest BCUT2D eigenvalue weighted by Crippen LogP contribution is -2.35. The second kappa shape index (κ2) is 7.86. The van der Waals surface area contributed by atoms with Gasteiger partial charge in [0.1, 0.15) is 5.75 Å². The average Bonchev–Trinajstić information content (AvgIpc) is 2.37. The number of nitrogens with one attached hydrogen (secondary N) is 1. The van der Waals surface area contributed by atoms with Crippen molar-refractivity contribution in [2.45, 2.75) is 59.0 Å². The van der Waals surface area contributed by atoms with Gasteiger partial charge in [0.25, 0.3) is 0 Å². The van der Waals surface area contributed by atoms with Crippen molar-refractivity contribution in [2.24, 2.45) is 0 Å². The fraction of sp³-hybridized carbons (Fsp3) is 0.625. The number of hydrogen-bond donors (Lipinski definition) is 1. The van der Waals surface area contributed by atoms with Crippen LogP contribution in [0.4, 0.5) is 0 Å². The third kappa shape index (κ3) is 6.53. The van der Waals surface area contributed by atoms with Gasteiger partial charge >= 0.3 is 0 Å². The molecule has 4 nitrogen and oxygen atoms in total. The van der Waals surface area contributed by atoms with Gasteiger partial charge in [0.05, 0.1) is 18.4 Å². The summed E-state index contributed by atoms with van der Waals surface area (Å²) in [6.45, 7) is 9.70. The Labute approximate surface area is 122 Å². The fourth-order valence-electron chi connectivity index (χ4n) is 1.69. The zero-order valence-corrected chi connectivity index (χ0v) is 13.0. The van der Waals surface area contributed by atoms with Crippen LogP contribution in [0.25, 0.3) is 0 Å². The highest BCUT2D eigenvalue weighted by Gasteiger charge is 2.12. The van der Waals surface area contributed by atoms with Crippen LogP contribution in [0.15, 0.2) is 12.1 Å². The van der Waals surface area contributed by atoms with E-state index in [2.05, 4.69) is 37.1 Å². The molecule has 0 fully saturated rings. The first kappa shape index (κ1) is 16.5. The van der Waals surface area contributed by atoms with E-state index in [1.807, 2.05) is 19.1 Å². The highest BCUT2D eigenvalue weighted by atomic mass is 16.5. The summed E-state index contributed by atoms with van der Waals surface area (Å²) in [4.78, 5) is 4.55. The Kier molecular flexibility index (Phi) is 6.47. The molecule has 0 unspecified atom stereocenters. The SMILES string of the molecule is Cc1ccc(OCCCCC#N)c(CNC(C)(C)C)n1. The summed E-state index contributed by atoms with van der Waals surface area (Å²) in [5.41, 5.74) is 1.99. The van der Waals surface area contributed by atoms with Gasteiger partial charge in [-0.15, -0.1) is 0 Å². The molecular formula is C16H25N3O. The van der Waals surface area contributed by atoms with E-state index in [0.717, 1.165) is 30.0 Å². The second-order valence-electron chi connectivity index (χ2n) is 5.96. The van der Waals surface area contributed by atoms with Crippen molar-refractivity contribution in [1.29, 1.82) is 5.26 Å². The number of ether oxygens (including phenoxy) is 1. The van der Waals surface area contributed by atoms with E-state index < -0.39 is 0 Å². The number of aromatic nitrogens is 1. The van der Waals surface area contributed by atoms with Crippen LogP contribution in [0.5, 0.6) is 5.75 Å². The van der Waals surface area contributed by atoms with E-state index in [0.29, 0.717) is 19.6 Å². The molecule has 0 atom stereocenters. The molecule has 4 heteroatoms. The Hall–Kier alpha value is -1.60. The first-order valence-electron chi connectivity index (χ1n) is 7.13. The maximum atomic E-state index is 8.49. The third-order valence-electron chi connectivity index (χ3n) is 2.80. The summed E-state index contributed by atoms with van der Waals surface area (Å²) in [7, 11) is 0. The predicted molar refractivity (Wildman–Crippen MR) is 80.5 cm³/mol. The van der Waals surface area contributed by atoms with Gasteiger partial charge in [-0.1, -0.05) is 0 Å². The molecule has 1 aromatic rings. The maximum Gasteiger partial charge on any atom is 0.142 e. The molecular weight excluding hydrogens is 250 g/mol. The van der Waals surface area contributed by atoms with Crippen LogP contribution in [0, 0.1) is 18.3 Å². The summed E-state index contributed by atoms with van der Waals surface area (Å²) in [5.74, 6) is 0.837. The van der Waals surface area contributed by atoms with Crippen molar-refractivity contribution in [2.75, 3.05) is 6.61 Å². The minimum Gasteiger partial charge on any atom is -0.492 e. The van der Waals surface area contributed by atoms with Crippen molar-refractivity contribution >= 4 is 0 Å². The lowest BCUT2D eigenvalue weighted by Gasteiger charge is -2.21. The normalized spacial score (nSPS) is 11.2. The standard InChI is InChI=1S/C16H25N3O/c1-13-8-9-15(20-11-7-5-6-10-17)14(19-13)12-18-16(2,3)4/h8-9,18H,5-7,11-12H2,1-4H3. The van der Waals surface area contributed by atoms with Crippen molar-refractivity contribution in [3.8, 4) is 11.8 Å². The average molecular weight is 275 g/mol. The van der Waals surface area contributed by atoms with E-state index in [1.54, 1.807) is 0 Å². The van der Waals surface area contributed by atoms with Crippen LogP contribution in [0.3, 0.4) is 0 Å². The van der Waals surface area contributed by atoms with Crippen LogP contribution in [0.1, 0.15) is 51.4 Å². The summed E-state index contributed by atoms with van der Waals surface area (Å²) < 4.78 is 5.79. The highest BCUT2D eigenvalue weighted by Crippen LogP contribution is 2.18. The van der Waals surface area contributed by atoms with E-state index in [4.69, 9.17) is 10.00 Å². The molecule has 0 spiro atoms. The zero-order valence-electron chi connectivity index (χ0n) is 13.0. The molecule has 0 aromatic carbocycles. The minimum atomic E-state index is 0.0511. The van der Waals surface area contributed by atoms with Gasteiger partial charge in [0.2, 0.25) is 0 Å². The van der Waals surface area contributed by atoms with Gasteiger partial charge in [-0.3, -0.25) is 4.98 Å². The van der Waals surface area contributed by atoms with Gasteiger partial charge in [-0.2, -0.15) is 5.26 Å². The number of aryl methyl sites for hydroxylation is 1. The molecule has 0 aliphatic rings. The minimum absolute atomic E-state index is 0.0511. The molecule has 0 saturated carbocycles. The zero-order chi connectivity index (χ0) is 15.0. The Balaban J connectivity index is 2.58. The van der Waals surface area contributed by atoms with E-state index in [1.165, 1.54) is 0 Å². The molecule has 1 rings (SSSR count). The molecule has 110 valence electrons. The number of nitrogens with zero attached hydrogens (tertiary/aromatic N) is 2. The molecule has 1 heterocycles. The number of nitriles is 1. The topological polar surface area (TPSA) is 57.9 Å². The molecule has 0 radical (unpaired) electrons. The summed E-state index contributed by atoms with van der Waals surface area (Å²) in [6.07, 6.45) is 2.37. The maximum absolute atomic E-state index is 8.49. The Morgan fingerprint density at radius 3 is 2.70 bits per heavy atom. The lowest BCUT2D eigenvalue weighted by atomic mass is 10.1. The second-order valence-corrected chi connectivity index (χ2v) is 5.96. The van der Waals surface area contributed by atoms with Crippen LogP contribution >= 0.6 is 0 Å². The molecule has 0 saturated heterocycles. The van der Waals surface area contributed by atoms with Gasteiger partial charge in [-0.25, -0.2) is 0 Å². The quantitative estimate of drug-likeness (QED) is 0.775. The van der Waals surface area contributed by atoms with Gasteiger partial charge in [0, 0.05) is 24.2 Å². The van der Waals surface area contributed by atoms with Crippen molar-refractivity contribution < 1.29 is 4.74 Å². The lowest BCUT2D eigenvalue weighted by molar-refractivity contribution is 0.299. The van der Waals surface area contributed by atoms with E-state index in [9.17, 15) is 0 Å². The van der Waals surface area contributed by atoms with Crippen LogP contribution in [-0.4, -0.2) is 17.1 Å². The molecule has 0 bridgehead atoms. The van der Waals surface area contributed by atoms with Crippen LogP contribution in [-0.2, 0) is 6.54 Å². The summed E-state index contributed by atoms with van der Waals surface area (Å²) in [6, 6.07) is 6.09. The summed E-state index contributed by atoms with van der Waals surface area (Å²) >= 11 is 0. The predicted octanol–water partition coefficient (Wildman–Crippen LogP) is 3.35. The van der Waals surface area contributed by atoms with Crippen LogP contribution < -0.4 is 10.1 Å². The molecule has 0 aliphatic heterocycles. The van der Waals surface area contributed by atoms with Gasteiger partial charge < -0.3 is 10.1 Å².